The van der Waals surface area contributed by atoms with Gasteiger partial charge >= 0.3 is 6.03 Å². The fraction of sp³-hybridized carbons (Fsp3) is 0.524. The minimum absolute atomic E-state index is 0.199. The van der Waals surface area contributed by atoms with E-state index >= 15 is 0 Å². The predicted molar refractivity (Wildman–Crippen MR) is 112 cm³/mol. The molecule has 0 radical (unpaired) electrons. The molecule has 1 spiro atoms. The Morgan fingerprint density at radius 3 is 2.50 bits per heavy atom. The topological polar surface area (TPSA) is 112 Å². The van der Waals surface area contributed by atoms with Crippen LogP contribution in [0.15, 0.2) is 21.5 Å². The van der Waals surface area contributed by atoms with Crippen LogP contribution in [0.4, 0.5) is 10.5 Å². The van der Waals surface area contributed by atoms with Crippen molar-refractivity contribution in [2.75, 3.05) is 5.32 Å². The van der Waals surface area contributed by atoms with Gasteiger partial charge in [-0.15, -0.1) is 4.36 Å². The highest BCUT2D eigenvalue weighted by atomic mass is 32.2. The van der Waals surface area contributed by atoms with E-state index in [-0.39, 0.29) is 10.5 Å². The van der Waals surface area contributed by atoms with E-state index in [4.69, 9.17) is 9.88 Å². The molecule has 2 heterocycles. The highest BCUT2D eigenvalue weighted by molar-refractivity contribution is 7.91. The fourth-order valence-corrected chi connectivity index (χ4v) is 6.37. The van der Waals surface area contributed by atoms with Gasteiger partial charge in [0.05, 0.1) is 12.7 Å². The molecule has 9 heteroatoms. The smallest absolute Gasteiger partial charge is 0.354 e. The van der Waals surface area contributed by atoms with Crippen LogP contribution in [-0.4, -0.2) is 25.6 Å². The maximum absolute atomic E-state index is 13.2. The number of nitrogens with two attached hydrogens (primary N) is 1. The zero-order valence-corrected chi connectivity index (χ0v) is 17.6. The van der Waals surface area contributed by atoms with Crippen LogP contribution in [0.5, 0.6) is 5.88 Å². The van der Waals surface area contributed by atoms with E-state index in [2.05, 4.69) is 20.8 Å². The number of nitrogens with one attached hydrogen (secondary N) is 1. The van der Waals surface area contributed by atoms with Crippen molar-refractivity contribution in [3.63, 3.8) is 0 Å². The first-order valence-corrected chi connectivity index (χ1v) is 12.3. The Balaban J connectivity index is 1.32. The maximum atomic E-state index is 13.2. The number of hydrogen-bond acceptors (Lipinski definition) is 4. The van der Waals surface area contributed by atoms with E-state index in [0.717, 1.165) is 63.5 Å². The van der Waals surface area contributed by atoms with Gasteiger partial charge in [0, 0.05) is 5.69 Å². The summed E-state index contributed by atoms with van der Waals surface area (Å²) in [5.41, 5.74) is 5.64. The summed E-state index contributed by atoms with van der Waals surface area (Å²) in [6.45, 7) is 0.631. The molecule has 2 aromatic rings. The SMILES string of the molecule is NS(=O)(=NC(=O)Nc1c2c(cc3c1CCC3)CCC2)c1cnn2c1OC1(CCC1)C2. The first-order valence-electron chi connectivity index (χ1n) is 10.7. The van der Waals surface area contributed by atoms with Crippen LogP contribution in [0, 0.1) is 0 Å². The van der Waals surface area contributed by atoms with Gasteiger partial charge in [-0.1, -0.05) is 6.07 Å². The van der Waals surface area contributed by atoms with E-state index in [1.54, 1.807) is 4.68 Å². The third kappa shape index (κ3) is 2.71. The third-order valence-electron chi connectivity index (χ3n) is 7.01. The second kappa shape index (κ2) is 6.31. The lowest BCUT2D eigenvalue weighted by atomic mass is 9.80. The van der Waals surface area contributed by atoms with Crippen molar-refractivity contribution in [3.05, 3.63) is 34.5 Å². The first-order chi connectivity index (χ1) is 14.4. The van der Waals surface area contributed by atoms with Gasteiger partial charge in [0.15, 0.2) is 9.92 Å². The summed E-state index contributed by atoms with van der Waals surface area (Å²) < 4.78 is 24.8. The second-order valence-electron chi connectivity index (χ2n) is 8.93. The summed E-state index contributed by atoms with van der Waals surface area (Å²) in [7, 11) is -3.47. The number of hydrogen-bond donors (Lipinski definition) is 2. The van der Waals surface area contributed by atoms with Gasteiger partial charge in [0.1, 0.15) is 10.5 Å². The molecule has 3 N–H and O–H groups in total. The van der Waals surface area contributed by atoms with Crippen LogP contribution in [0.25, 0.3) is 0 Å². The van der Waals surface area contributed by atoms with Gasteiger partial charge in [-0.2, -0.15) is 5.10 Å². The Hall–Kier alpha value is -2.39. The largest absolute Gasteiger partial charge is 0.468 e. The number of nitrogens with zero attached hydrogens (tertiary/aromatic N) is 3. The molecule has 1 unspecified atom stereocenters. The molecule has 1 fully saturated rings. The molecular formula is C21H25N5O3S. The lowest BCUT2D eigenvalue weighted by Gasteiger charge is -2.36. The zero-order valence-electron chi connectivity index (χ0n) is 16.8. The Labute approximate surface area is 175 Å². The highest BCUT2D eigenvalue weighted by Crippen LogP contribution is 2.45. The molecule has 0 saturated heterocycles. The number of aryl methyl sites for hydroxylation is 2. The van der Waals surface area contributed by atoms with Gasteiger partial charge < -0.3 is 10.1 Å². The average Bonchev–Trinajstić information content (AvgIpc) is 3.41. The van der Waals surface area contributed by atoms with E-state index < -0.39 is 15.9 Å². The molecule has 1 atom stereocenters. The summed E-state index contributed by atoms with van der Waals surface area (Å²) in [6, 6.07) is 1.63. The van der Waals surface area contributed by atoms with E-state index in [1.165, 1.54) is 28.5 Å². The van der Waals surface area contributed by atoms with Crippen LogP contribution in [-0.2, 0) is 42.1 Å². The standard InChI is InChI=1S/C21H25N5O3S/c22-30(28,17-11-23-26-12-21(8-3-9-21)29-19(17)26)25-20(27)24-18-15-6-1-4-13(15)10-14-5-2-7-16(14)18/h10-11H,1-9,12H2,(H3,22,24,25,27,28). The summed E-state index contributed by atoms with van der Waals surface area (Å²) in [5, 5.41) is 13.3. The number of benzene rings is 1. The molecule has 8 nitrogen and oxygen atoms in total. The van der Waals surface area contributed by atoms with Crippen molar-refractivity contribution in [2.45, 2.75) is 74.8 Å². The van der Waals surface area contributed by atoms with Gasteiger partial charge in [0.2, 0.25) is 5.88 Å². The first kappa shape index (κ1) is 18.4. The minimum Gasteiger partial charge on any atom is -0.468 e. The number of carbonyl (C=O) groups is 1. The van der Waals surface area contributed by atoms with Crippen LogP contribution < -0.4 is 15.2 Å². The molecule has 2 amide bonds. The van der Waals surface area contributed by atoms with Crippen molar-refractivity contribution < 1.29 is 13.7 Å². The molecule has 6 rings (SSSR count). The number of urea groups is 1. The highest BCUT2D eigenvalue weighted by Gasteiger charge is 2.47. The number of ether oxygens (including phenoxy) is 1. The van der Waals surface area contributed by atoms with Crippen molar-refractivity contribution in [1.29, 1.82) is 0 Å². The molecule has 4 aliphatic rings. The van der Waals surface area contributed by atoms with Crippen LogP contribution in [0.1, 0.15) is 54.4 Å². The zero-order chi connectivity index (χ0) is 20.5. The maximum Gasteiger partial charge on any atom is 0.354 e. The number of anilines is 1. The molecular weight excluding hydrogens is 402 g/mol. The van der Waals surface area contributed by atoms with Crippen LogP contribution in [0.3, 0.4) is 0 Å². The average molecular weight is 428 g/mol. The molecule has 1 aromatic heterocycles. The number of rotatable bonds is 2. The summed E-state index contributed by atoms with van der Waals surface area (Å²) in [4.78, 5) is 13.0. The van der Waals surface area contributed by atoms with E-state index in [9.17, 15) is 9.00 Å². The Kier molecular flexibility index (Phi) is 3.86. The molecule has 0 bridgehead atoms. The molecule has 1 aliphatic heterocycles. The number of aromatic nitrogens is 2. The van der Waals surface area contributed by atoms with Gasteiger partial charge in [-0.25, -0.2) is 18.8 Å². The predicted octanol–water partition coefficient (Wildman–Crippen LogP) is 3.11. The van der Waals surface area contributed by atoms with Crippen molar-refractivity contribution >= 4 is 21.6 Å². The number of amides is 2. The van der Waals surface area contributed by atoms with E-state index in [1.807, 2.05) is 0 Å². The Morgan fingerprint density at radius 1 is 1.17 bits per heavy atom. The van der Waals surface area contributed by atoms with Crippen LogP contribution >= 0.6 is 0 Å². The van der Waals surface area contributed by atoms with E-state index in [0.29, 0.717) is 12.4 Å². The quantitative estimate of drug-likeness (QED) is 0.767. The number of carbonyl (C=O) groups excluding carboxylic acids is 1. The minimum atomic E-state index is -3.47. The van der Waals surface area contributed by atoms with Crippen LogP contribution in [0.2, 0.25) is 0 Å². The monoisotopic (exact) mass is 427 g/mol. The van der Waals surface area contributed by atoms with Crippen molar-refractivity contribution in [2.24, 2.45) is 9.50 Å². The van der Waals surface area contributed by atoms with Crippen molar-refractivity contribution in [3.8, 4) is 5.88 Å². The lowest BCUT2D eigenvalue weighted by Crippen LogP contribution is -2.42. The normalized spacial score (nSPS) is 21.9. The molecule has 1 saturated carbocycles. The Morgan fingerprint density at radius 2 is 1.87 bits per heavy atom. The molecule has 3 aliphatic carbocycles. The number of fused-ring (bicyclic) bond motifs is 3. The second-order valence-corrected chi connectivity index (χ2v) is 10.7. The fourth-order valence-electron chi connectivity index (χ4n) is 5.38. The molecule has 1 aromatic carbocycles. The van der Waals surface area contributed by atoms with Gasteiger partial charge in [0.25, 0.3) is 0 Å². The van der Waals surface area contributed by atoms with Gasteiger partial charge in [-0.05, 0) is 80.0 Å². The molecule has 30 heavy (non-hydrogen) atoms. The van der Waals surface area contributed by atoms with Gasteiger partial charge in [-0.3, -0.25) is 0 Å². The summed E-state index contributed by atoms with van der Waals surface area (Å²) >= 11 is 0. The lowest BCUT2D eigenvalue weighted by molar-refractivity contribution is 0.00903. The van der Waals surface area contributed by atoms with Crippen molar-refractivity contribution in [1.82, 2.24) is 9.78 Å². The third-order valence-corrected chi connectivity index (χ3v) is 8.36. The molecule has 158 valence electrons. The Bertz CT molecular complexity index is 1170. The summed E-state index contributed by atoms with van der Waals surface area (Å²) in [6.07, 6.45) is 10.6. The summed E-state index contributed by atoms with van der Waals surface area (Å²) in [5.74, 6) is 0.389.